The van der Waals surface area contributed by atoms with Gasteiger partial charge in [-0.1, -0.05) is 505 Å². The molecule has 756 valence electrons. The third kappa shape index (κ3) is 33.8. The molecule has 10 aliphatic rings. The third-order valence-corrected chi connectivity index (χ3v) is 27.9. The first-order valence-electron chi connectivity index (χ1n) is 51.5. The quantitative estimate of drug-likeness (QED) is 0.142. The minimum Gasteiger partial charge on any atom is -0.0776 e. The average molecular weight is 1780 g/mol. The van der Waals surface area contributed by atoms with Gasteiger partial charge in [-0.25, -0.2) is 0 Å². The normalized spacial score (nSPS) is 24.2. The highest BCUT2D eigenvalue weighted by atomic mass is 14.5. The Morgan fingerprint density at radius 2 is 0.328 bits per heavy atom. The molecule has 7 aromatic rings. The molecule has 0 bridgehead atoms. The summed E-state index contributed by atoms with van der Waals surface area (Å²) in [7, 11) is 0. The van der Waals surface area contributed by atoms with Gasteiger partial charge in [0, 0.05) is 0 Å². The molecular formula is C128H244. The van der Waals surface area contributed by atoms with Crippen LogP contribution >= 0.6 is 0 Å². The first-order valence-corrected chi connectivity index (χ1v) is 51.5. The lowest BCUT2D eigenvalue weighted by atomic mass is 9.85. The highest BCUT2D eigenvalue weighted by Gasteiger charge is 2.42. The molecule has 0 heterocycles. The first-order chi connectivity index (χ1) is 56.9. The topological polar surface area (TPSA) is 0 Å². The standard InChI is InChI=1S/2C20H24.3C16H22.15C2H6.10CH4/c1-11-9-17-18-10-12(2)14(4)20(18)16-8-6-5-7-15(16)19(17)13(11)3;1-11-9-17-15-7-5-6-8-16(15)18-10-12(2)14(4)20(18)19(17)13(11)3;1-9-5-13-7-16-12(4)10(2)6-14(16)8-15(13)11(9)3;1-9-7-13-5-6-14-11(3)10(2)8-15(14)16(13)12(9)4;1-9-7-13-5-6-14-8-10(2)12(4)16(14)15(13)11(9)3;15*1-2;;;;;;;;;;/h2*5-8,11-14H,9-10H2,1-4H3;7-12H,5-6H2,1-4H3;2*5-6,9-12H,7-8H2,1-4H3;15*1-2H3;10*1H4/t2*11-,12+,13-,14+;2*9-,10-,11-,12-;9-,10+,11-,12+;;;;;;;;;;;;;;;;;;;;;;;;;/m..11........................../s1. The molecule has 0 aromatic heterocycles. The fraction of sp³-hybridized carbons (Fsp3) is 0.703. The first kappa shape index (κ1) is 151. The van der Waals surface area contributed by atoms with E-state index in [9.17, 15) is 0 Å². The van der Waals surface area contributed by atoms with Crippen LogP contribution in [0.2, 0.25) is 0 Å². The maximum atomic E-state index is 2.53. The molecule has 0 unspecified atom stereocenters. The number of rotatable bonds is 0. The summed E-state index contributed by atoms with van der Waals surface area (Å²) in [5.74, 6) is 15.7. The predicted octanol–water partition coefficient (Wildman–Crippen LogP) is 45.5. The minimum absolute atomic E-state index is 0. The molecule has 20 atom stereocenters. The number of fused-ring (bicyclic) bond motifs is 20. The summed E-state index contributed by atoms with van der Waals surface area (Å²) >= 11 is 0. The van der Waals surface area contributed by atoms with E-state index < -0.39 is 0 Å². The number of benzene rings is 7. The van der Waals surface area contributed by atoms with E-state index in [4.69, 9.17) is 0 Å². The number of hydrogen-bond donors (Lipinski definition) is 0. The Kier molecular flexibility index (Phi) is 92.7. The third-order valence-electron chi connectivity index (χ3n) is 27.9. The van der Waals surface area contributed by atoms with E-state index in [1.54, 1.807) is 133 Å². The molecular weight excluding hydrogens is 1540 g/mol. The molecule has 128 heavy (non-hydrogen) atoms. The molecule has 0 amide bonds. The van der Waals surface area contributed by atoms with E-state index in [0.29, 0.717) is 11.8 Å². The SMILES string of the molecule is C.C.C.C.C.C.C.C.C.C.CC.CC.CC.CC.CC.CC.CC.CC.CC.CC.CC.CC.CC.CC.CC.C[C@@H]1Cc2c(c3c(c4ccccc24)C[C@H](C)[C@@H]3C)[C@@H]1C.C[C@@H]1Cc2c(ccc3c2[C@H](C)[C@H](C)C3)[C@@H]1C.C[C@@H]1Cc2c3c(c4ccccc4c2[C@@H]1C)[C@@H](C)[C@@H](C)C3.C[C@@H]1Cc2cc3c(cc2[C@@H]1C)C[C@@H](C)[C@H]3C.C[C@@H]1Cc2ccc3c(c2[C@@H]1C)[C@@H](C)[C@@H](C)C3. The summed E-state index contributed by atoms with van der Waals surface area (Å²) in [5.41, 5.74) is 33.6. The summed E-state index contributed by atoms with van der Waals surface area (Å²) in [6.45, 7) is 108. The Labute approximate surface area is 815 Å². The highest BCUT2D eigenvalue weighted by molar-refractivity contribution is 5.94. The van der Waals surface area contributed by atoms with Crippen LogP contribution in [-0.2, 0) is 64.2 Å². The lowest BCUT2D eigenvalue weighted by Crippen LogP contribution is -2.04. The van der Waals surface area contributed by atoms with Crippen LogP contribution in [0.4, 0.5) is 0 Å². The zero-order valence-corrected chi connectivity index (χ0v) is 88.7. The van der Waals surface area contributed by atoms with Crippen molar-refractivity contribution in [2.24, 2.45) is 59.2 Å². The zero-order valence-electron chi connectivity index (χ0n) is 88.7. The average Bonchev–Trinajstić information content (AvgIpc) is 1.57. The van der Waals surface area contributed by atoms with E-state index in [1.165, 1.54) is 64.2 Å². The Morgan fingerprint density at radius 3 is 0.609 bits per heavy atom. The number of hydrogen-bond acceptors (Lipinski definition) is 0. The molecule has 0 radical (unpaired) electrons. The lowest BCUT2D eigenvalue weighted by molar-refractivity contribution is 0.511. The van der Waals surface area contributed by atoms with Crippen LogP contribution in [0, 0.1) is 59.2 Å². The zero-order chi connectivity index (χ0) is 92.4. The Bertz CT molecular complexity index is 3620. The van der Waals surface area contributed by atoms with Crippen molar-refractivity contribution in [3.8, 4) is 0 Å². The minimum atomic E-state index is 0. The largest absolute Gasteiger partial charge is 0.0776 e. The molecule has 10 aliphatic carbocycles. The van der Waals surface area contributed by atoms with Gasteiger partial charge in [-0.3, -0.25) is 0 Å². The summed E-state index contributed by atoms with van der Waals surface area (Å²) in [5, 5.41) is 6.16. The molecule has 0 heteroatoms. The van der Waals surface area contributed by atoms with Gasteiger partial charge in [0.05, 0.1) is 0 Å². The van der Waals surface area contributed by atoms with Gasteiger partial charge in [0.1, 0.15) is 0 Å². The van der Waals surface area contributed by atoms with E-state index in [2.05, 4.69) is 223 Å². The van der Waals surface area contributed by atoms with Crippen LogP contribution in [0.1, 0.15) is 591 Å². The second-order valence-electron chi connectivity index (χ2n) is 33.0. The van der Waals surface area contributed by atoms with Gasteiger partial charge in [-0.05, 0) is 315 Å². The molecule has 0 nitrogen and oxygen atoms in total. The summed E-state index contributed by atoms with van der Waals surface area (Å²) < 4.78 is 0. The van der Waals surface area contributed by atoms with Crippen molar-refractivity contribution in [3.63, 3.8) is 0 Å². The molecule has 0 N–H and O–H groups in total. The van der Waals surface area contributed by atoms with Gasteiger partial charge >= 0.3 is 0 Å². The molecule has 0 spiro atoms. The fourth-order valence-electron chi connectivity index (χ4n) is 20.5. The Hall–Kier alpha value is -4.94. The van der Waals surface area contributed by atoms with Gasteiger partial charge in [0.15, 0.2) is 0 Å². The summed E-state index contributed by atoms with van der Waals surface area (Å²) in [6, 6.07) is 33.0. The van der Waals surface area contributed by atoms with Crippen molar-refractivity contribution in [3.05, 3.63) is 196 Å². The maximum absolute atomic E-state index is 2.53. The van der Waals surface area contributed by atoms with E-state index in [1.807, 2.05) is 208 Å². The van der Waals surface area contributed by atoms with Crippen LogP contribution in [-0.4, -0.2) is 0 Å². The summed E-state index contributed by atoms with van der Waals surface area (Å²) in [4.78, 5) is 0. The maximum Gasteiger partial charge on any atom is -0.0143 e. The molecule has 17 rings (SSSR count). The second kappa shape index (κ2) is 78.4. The molecule has 0 saturated carbocycles. The van der Waals surface area contributed by atoms with Crippen molar-refractivity contribution in [1.29, 1.82) is 0 Å². The molecule has 0 saturated heterocycles. The molecule has 7 aromatic carbocycles. The van der Waals surface area contributed by atoms with Crippen LogP contribution in [0.25, 0.3) is 21.5 Å². The van der Waals surface area contributed by atoms with Gasteiger partial charge in [0.25, 0.3) is 0 Å². The molecule has 0 fully saturated rings. The predicted molar refractivity (Wildman–Crippen MR) is 618 cm³/mol. The van der Waals surface area contributed by atoms with Crippen molar-refractivity contribution in [2.75, 3.05) is 0 Å². The van der Waals surface area contributed by atoms with E-state index in [0.717, 1.165) is 107 Å². The van der Waals surface area contributed by atoms with Gasteiger partial charge in [-0.15, -0.1) is 0 Å². The smallest absolute Gasteiger partial charge is 0.0143 e. The monoisotopic (exact) mass is 1780 g/mol. The summed E-state index contributed by atoms with van der Waals surface area (Å²) in [6.07, 6.45) is 12.9. The van der Waals surface area contributed by atoms with E-state index >= 15 is 0 Å². The van der Waals surface area contributed by atoms with Gasteiger partial charge in [-0.2, -0.15) is 0 Å². The van der Waals surface area contributed by atoms with Crippen molar-refractivity contribution >= 4 is 21.5 Å². The van der Waals surface area contributed by atoms with E-state index in [-0.39, 0.29) is 74.3 Å². The van der Waals surface area contributed by atoms with Crippen LogP contribution in [0.5, 0.6) is 0 Å². The van der Waals surface area contributed by atoms with Gasteiger partial charge in [0.2, 0.25) is 0 Å². The Balaban J connectivity index is -0.000000107. The van der Waals surface area contributed by atoms with Crippen LogP contribution < -0.4 is 0 Å². The van der Waals surface area contributed by atoms with Crippen molar-refractivity contribution < 1.29 is 0 Å². The van der Waals surface area contributed by atoms with Gasteiger partial charge < -0.3 is 0 Å². The second-order valence-corrected chi connectivity index (χ2v) is 33.0. The van der Waals surface area contributed by atoms with Crippen molar-refractivity contribution in [2.45, 2.75) is 544 Å². The fourth-order valence-corrected chi connectivity index (χ4v) is 20.5. The highest BCUT2D eigenvalue weighted by Crippen LogP contribution is 2.55. The van der Waals surface area contributed by atoms with Crippen LogP contribution in [0.15, 0.2) is 84.9 Å². The van der Waals surface area contributed by atoms with Crippen molar-refractivity contribution in [1.82, 2.24) is 0 Å². The lowest BCUT2D eigenvalue weighted by Gasteiger charge is -2.20. The molecule has 0 aliphatic heterocycles. The van der Waals surface area contributed by atoms with Crippen LogP contribution in [0.3, 0.4) is 0 Å². The Morgan fingerprint density at radius 1 is 0.148 bits per heavy atom.